The summed E-state index contributed by atoms with van der Waals surface area (Å²) in [6.07, 6.45) is 1.50. The molecule has 5 nitrogen and oxygen atoms in total. The van der Waals surface area contributed by atoms with Crippen molar-refractivity contribution in [2.24, 2.45) is 0 Å². The van der Waals surface area contributed by atoms with Crippen LogP contribution in [-0.2, 0) is 4.84 Å². The van der Waals surface area contributed by atoms with Gasteiger partial charge in [-0.15, -0.1) is 5.10 Å². The fourth-order valence-corrected chi connectivity index (χ4v) is 0.613. The van der Waals surface area contributed by atoms with Crippen molar-refractivity contribution < 1.29 is 9.63 Å². The summed E-state index contributed by atoms with van der Waals surface area (Å²) in [7, 11) is 0. The first-order valence-electron chi connectivity index (χ1n) is 3.54. The Bertz CT molecular complexity index is 250. The number of aromatic nitrogens is 2. The SMILES string of the molecule is CCONC(=O)c1cccnn1. The van der Waals surface area contributed by atoms with Crippen LogP contribution in [0, 0.1) is 0 Å². The highest BCUT2D eigenvalue weighted by atomic mass is 16.6. The molecule has 5 heteroatoms. The van der Waals surface area contributed by atoms with Gasteiger partial charge in [-0.3, -0.25) is 9.63 Å². The second-order valence-corrected chi connectivity index (χ2v) is 1.97. The molecule has 0 spiro atoms. The molecule has 1 N–H and O–H groups in total. The monoisotopic (exact) mass is 167 g/mol. The van der Waals surface area contributed by atoms with Gasteiger partial charge in [0.05, 0.1) is 6.61 Å². The van der Waals surface area contributed by atoms with Gasteiger partial charge < -0.3 is 0 Å². The number of carbonyl (C=O) groups excluding carboxylic acids is 1. The lowest BCUT2D eigenvalue weighted by atomic mass is 10.4. The summed E-state index contributed by atoms with van der Waals surface area (Å²) >= 11 is 0. The van der Waals surface area contributed by atoms with E-state index >= 15 is 0 Å². The first-order valence-corrected chi connectivity index (χ1v) is 3.54. The third kappa shape index (κ3) is 2.28. The van der Waals surface area contributed by atoms with E-state index in [9.17, 15) is 4.79 Å². The van der Waals surface area contributed by atoms with Crippen molar-refractivity contribution >= 4 is 5.91 Å². The van der Waals surface area contributed by atoms with Gasteiger partial charge in [0.1, 0.15) is 0 Å². The van der Waals surface area contributed by atoms with Gasteiger partial charge in [0.25, 0.3) is 5.91 Å². The van der Waals surface area contributed by atoms with Gasteiger partial charge in [-0.25, -0.2) is 5.48 Å². The van der Waals surface area contributed by atoms with E-state index in [1.165, 1.54) is 6.20 Å². The minimum absolute atomic E-state index is 0.242. The summed E-state index contributed by atoms with van der Waals surface area (Å²) in [5, 5.41) is 7.14. The molecule has 0 aromatic carbocycles. The molecule has 0 aliphatic rings. The van der Waals surface area contributed by atoms with Crippen molar-refractivity contribution in [1.29, 1.82) is 0 Å². The number of hydrogen-bond donors (Lipinski definition) is 1. The second-order valence-electron chi connectivity index (χ2n) is 1.97. The molecule has 12 heavy (non-hydrogen) atoms. The van der Waals surface area contributed by atoms with Crippen molar-refractivity contribution in [2.75, 3.05) is 6.61 Å². The van der Waals surface area contributed by atoms with Gasteiger partial charge in [0, 0.05) is 6.20 Å². The number of nitrogens with one attached hydrogen (secondary N) is 1. The lowest BCUT2D eigenvalue weighted by Gasteiger charge is -2.00. The number of amides is 1. The standard InChI is InChI=1S/C7H9N3O2/c1-2-12-10-7(11)6-4-3-5-8-9-6/h3-5H,2H2,1H3,(H,10,11). The molecule has 1 rings (SSSR count). The van der Waals surface area contributed by atoms with Crippen molar-refractivity contribution in [3.8, 4) is 0 Å². The Morgan fingerprint density at radius 2 is 2.58 bits per heavy atom. The quantitative estimate of drug-likeness (QED) is 0.651. The van der Waals surface area contributed by atoms with Crippen LogP contribution in [0.1, 0.15) is 17.4 Å². The van der Waals surface area contributed by atoms with E-state index in [-0.39, 0.29) is 11.6 Å². The smallest absolute Gasteiger partial charge is 0.274 e. The molecule has 0 bridgehead atoms. The molecule has 0 radical (unpaired) electrons. The zero-order valence-corrected chi connectivity index (χ0v) is 6.65. The van der Waals surface area contributed by atoms with Gasteiger partial charge >= 0.3 is 0 Å². The Hall–Kier alpha value is -1.49. The number of rotatable bonds is 3. The summed E-state index contributed by atoms with van der Waals surface area (Å²) in [5.41, 5.74) is 2.45. The molecule has 0 saturated carbocycles. The highest BCUT2D eigenvalue weighted by molar-refractivity contribution is 5.91. The summed E-state index contributed by atoms with van der Waals surface area (Å²) in [4.78, 5) is 15.7. The van der Waals surface area contributed by atoms with E-state index in [0.29, 0.717) is 6.61 Å². The lowest BCUT2D eigenvalue weighted by Crippen LogP contribution is -2.24. The van der Waals surface area contributed by atoms with Crippen molar-refractivity contribution in [1.82, 2.24) is 15.7 Å². The highest BCUT2D eigenvalue weighted by Crippen LogP contribution is 1.89. The Kier molecular flexibility index (Phi) is 3.16. The van der Waals surface area contributed by atoms with E-state index in [1.54, 1.807) is 19.1 Å². The van der Waals surface area contributed by atoms with Gasteiger partial charge in [0.2, 0.25) is 0 Å². The molecule has 0 fully saturated rings. The topological polar surface area (TPSA) is 64.1 Å². The van der Waals surface area contributed by atoms with Gasteiger partial charge in [0.15, 0.2) is 5.69 Å². The van der Waals surface area contributed by atoms with Crippen LogP contribution in [0.3, 0.4) is 0 Å². The van der Waals surface area contributed by atoms with Gasteiger partial charge in [-0.1, -0.05) is 0 Å². The van der Waals surface area contributed by atoms with Crippen LogP contribution < -0.4 is 5.48 Å². The molecule has 1 aromatic heterocycles. The molecule has 0 atom stereocenters. The molecule has 1 heterocycles. The zero-order chi connectivity index (χ0) is 8.81. The second kappa shape index (κ2) is 4.40. The molecule has 0 unspecified atom stereocenters. The average Bonchev–Trinajstić information content (AvgIpc) is 2.15. The Morgan fingerprint density at radius 3 is 3.17 bits per heavy atom. The lowest BCUT2D eigenvalue weighted by molar-refractivity contribution is 0.0359. The fraction of sp³-hybridized carbons (Fsp3) is 0.286. The predicted molar refractivity (Wildman–Crippen MR) is 41.1 cm³/mol. The van der Waals surface area contributed by atoms with Gasteiger partial charge in [-0.2, -0.15) is 5.10 Å². The minimum Gasteiger partial charge on any atom is -0.274 e. The van der Waals surface area contributed by atoms with E-state index in [0.717, 1.165) is 0 Å². The number of nitrogens with zero attached hydrogens (tertiary/aromatic N) is 2. The number of hydrogen-bond acceptors (Lipinski definition) is 4. The maximum Gasteiger partial charge on any atom is 0.295 e. The largest absolute Gasteiger partial charge is 0.295 e. The Morgan fingerprint density at radius 1 is 1.75 bits per heavy atom. The van der Waals surface area contributed by atoms with E-state index in [4.69, 9.17) is 0 Å². The molecular formula is C7H9N3O2. The van der Waals surface area contributed by atoms with Crippen LogP contribution in [0.4, 0.5) is 0 Å². The highest BCUT2D eigenvalue weighted by Gasteiger charge is 2.04. The minimum atomic E-state index is -0.384. The van der Waals surface area contributed by atoms with Gasteiger partial charge in [-0.05, 0) is 19.1 Å². The van der Waals surface area contributed by atoms with Crippen LogP contribution in [0.15, 0.2) is 18.3 Å². The molecule has 1 amide bonds. The van der Waals surface area contributed by atoms with Crippen LogP contribution in [0.25, 0.3) is 0 Å². The summed E-state index contributed by atoms with van der Waals surface area (Å²) in [5.74, 6) is -0.384. The number of carbonyl (C=O) groups is 1. The first-order chi connectivity index (χ1) is 5.84. The van der Waals surface area contributed by atoms with E-state index < -0.39 is 0 Å². The Labute approximate surface area is 69.7 Å². The van der Waals surface area contributed by atoms with Crippen LogP contribution >= 0.6 is 0 Å². The average molecular weight is 167 g/mol. The van der Waals surface area contributed by atoms with Crippen molar-refractivity contribution in [3.63, 3.8) is 0 Å². The van der Waals surface area contributed by atoms with Crippen LogP contribution in [0.5, 0.6) is 0 Å². The summed E-state index contributed by atoms with van der Waals surface area (Å²) in [6.45, 7) is 2.20. The maximum absolute atomic E-state index is 11.1. The van der Waals surface area contributed by atoms with Crippen LogP contribution in [0.2, 0.25) is 0 Å². The Balaban J connectivity index is 2.54. The fourth-order valence-electron chi connectivity index (χ4n) is 0.613. The summed E-state index contributed by atoms with van der Waals surface area (Å²) < 4.78 is 0. The van der Waals surface area contributed by atoms with Crippen LogP contribution in [-0.4, -0.2) is 22.7 Å². The molecule has 64 valence electrons. The number of hydroxylamine groups is 1. The first kappa shape index (κ1) is 8.61. The molecule has 1 aromatic rings. The third-order valence-electron chi connectivity index (χ3n) is 1.11. The van der Waals surface area contributed by atoms with E-state index in [1.807, 2.05) is 0 Å². The van der Waals surface area contributed by atoms with E-state index in [2.05, 4.69) is 20.5 Å². The molecular weight excluding hydrogens is 158 g/mol. The zero-order valence-electron chi connectivity index (χ0n) is 6.65. The molecule has 0 aliphatic carbocycles. The molecule has 0 saturated heterocycles. The molecule has 0 aliphatic heterocycles. The van der Waals surface area contributed by atoms with Crippen molar-refractivity contribution in [3.05, 3.63) is 24.0 Å². The maximum atomic E-state index is 11.1. The predicted octanol–water partition coefficient (Wildman–Crippen LogP) is 0.158. The normalized spacial score (nSPS) is 9.42. The third-order valence-corrected chi connectivity index (χ3v) is 1.11. The summed E-state index contributed by atoms with van der Waals surface area (Å²) in [6, 6.07) is 3.19. The van der Waals surface area contributed by atoms with Crippen molar-refractivity contribution in [2.45, 2.75) is 6.92 Å².